The number of aliphatic hydroxyl groups excluding tert-OH is 1. The summed E-state index contributed by atoms with van der Waals surface area (Å²) in [6, 6.07) is 6.50. The summed E-state index contributed by atoms with van der Waals surface area (Å²) in [7, 11) is 2.14. The highest BCUT2D eigenvalue weighted by Crippen LogP contribution is 2.50. The average Bonchev–Trinajstić information content (AvgIpc) is 3.26. The molecule has 2 aliphatic carbocycles. The van der Waals surface area contributed by atoms with Crippen LogP contribution in [0, 0.1) is 0 Å². The highest BCUT2D eigenvalue weighted by atomic mass is 16.5. The highest BCUT2D eigenvalue weighted by Gasteiger charge is 2.45. The van der Waals surface area contributed by atoms with Crippen LogP contribution >= 0.6 is 0 Å². The molecule has 1 aliphatic heterocycles. The van der Waals surface area contributed by atoms with Gasteiger partial charge in [-0.3, -0.25) is 0 Å². The van der Waals surface area contributed by atoms with Crippen molar-refractivity contribution in [1.82, 2.24) is 4.90 Å². The SMILES string of the molecule is CCOc1ccc([C@@]23CC[C@H](O)C=C2N(C)CC3)cc1OC1CCCC1. The molecule has 1 saturated heterocycles. The van der Waals surface area contributed by atoms with E-state index < -0.39 is 0 Å². The second-order valence-corrected chi connectivity index (χ2v) is 8.03. The van der Waals surface area contributed by atoms with Crippen molar-refractivity contribution in [2.75, 3.05) is 20.2 Å². The third-order valence-electron chi connectivity index (χ3n) is 6.38. The molecule has 0 radical (unpaired) electrons. The molecule has 0 unspecified atom stereocenters. The molecule has 3 aliphatic rings. The predicted molar refractivity (Wildman–Crippen MR) is 103 cm³/mol. The fourth-order valence-electron chi connectivity index (χ4n) is 4.97. The molecule has 1 saturated carbocycles. The monoisotopic (exact) mass is 357 g/mol. The molecule has 26 heavy (non-hydrogen) atoms. The summed E-state index contributed by atoms with van der Waals surface area (Å²) in [6.45, 7) is 3.69. The van der Waals surface area contributed by atoms with Crippen molar-refractivity contribution < 1.29 is 14.6 Å². The van der Waals surface area contributed by atoms with Crippen molar-refractivity contribution in [3.63, 3.8) is 0 Å². The van der Waals surface area contributed by atoms with Crippen LogP contribution in [0.15, 0.2) is 30.0 Å². The van der Waals surface area contributed by atoms with Crippen LogP contribution in [-0.2, 0) is 5.41 Å². The second-order valence-electron chi connectivity index (χ2n) is 8.03. The van der Waals surface area contributed by atoms with Crippen LogP contribution in [0.1, 0.15) is 57.4 Å². The quantitative estimate of drug-likeness (QED) is 0.864. The van der Waals surface area contributed by atoms with Crippen molar-refractivity contribution in [3.8, 4) is 11.5 Å². The van der Waals surface area contributed by atoms with Crippen molar-refractivity contribution in [1.29, 1.82) is 0 Å². The molecule has 1 heterocycles. The topological polar surface area (TPSA) is 41.9 Å². The highest BCUT2D eigenvalue weighted by molar-refractivity contribution is 5.49. The Bertz CT molecular complexity index is 680. The van der Waals surface area contributed by atoms with Gasteiger partial charge in [-0.15, -0.1) is 0 Å². The number of fused-ring (bicyclic) bond motifs is 1. The Morgan fingerprint density at radius 3 is 2.73 bits per heavy atom. The second kappa shape index (κ2) is 7.15. The van der Waals surface area contributed by atoms with Gasteiger partial charge in [-0.05, 0) is 75.6 Å². The lowest BCUT2D eigenvalue weighted by molar-refractivity contribution is 0.180. The first-order valence-electron chi connectivity index (χ1n) is 10.2. The molecule has 4 rings (SSSR count). The summed E-state index contributed by atoms with van der Waals surface area (Å²) in [5, 5.41) is 10.1. The smallest absolute Gasteiger partial charge is 0.161 e. The minimum absolute atomic E-state index is 0.00646. The van der Waals surface area contributed by atoms with E-state index in [4.69, 9.17) is 9.47 Å². The number of benzene rings is 1. The van der Waals surface area contributed by atoms with Gasteiger partial charge in [0.2, 0.25) is 0 Å². The van der Waals surface area contributed by atoms with Gasteiger partial charge >= 0.3 is 0 Å². The average molecular weight is 357 g/mol. The van der Waals surface area contributed by atoms with Crippen LogP contribution in [-0.4, -0.2) is 42.4 Å². The van der Waals surface area contributed by atoms with Gasteiger partial charge in [-0.1, -0.05) is 6.07 Å². The van der Waals surface area contributed by atoms with Crippen LogP contribution in [0.2, 0.25) is 0 Å². The molecule has 0 bridgehead atoms. The van der Waals surface area contributed by atoms with E-state index in [2.05, 4.69) is 36.2 Å². The van der Waals surface area contributed by atoms with Gasteiger partial charge in [-0.2, -0.15) is 0 Å². The van der Waals surface area contributed by atoms with E-state index in [0.29, 0.717) is 12.7 Å². The van der Waals surface area contributed by atoms with Gasteiger partial charge in [0.15, 0.2) is 11.5 Å². The summed E-state index contributed by atoms with van der Waals surface area (Å²) >= 11 is 0. The van der Waals surface area contributed by atoms with E-state index in [9.17, 15) is 5.11 Å². The van der Waals surface area contributed by atoms with Crippen molar-refractivity contribution >= 4 is 0 Å². The maximum atomic E-state index is 10.1. The standard InChI is InChI=1S/C22H31NO3/c1-3-25-19-9-8-16(14-20(19)26-18-6-4-5-7-18)22-11-10-17(24)15-21(22)23(2)13-12-22/h8-9,14-15,17-18,24H,3-7,10-13H2,1-2H3/t17-,22-/m0/s1. The van der Waals surface area contributed by atoms with Gasteiger partial charge in [-0.25, -0.2) is 0 Å². The maximum Gasteiger partial charge on any atom is 0.161 e. The molecule has 2 fully saturated rings. The van der Waals surface area contributed by atoms with Crippen LogP contribution in [0.3, 0.4) is 0 Å². The molecule has 1 aromatic carbocycles. The number of rotatable bonds is 5. The van der Waals surface area contributed by atoms with E-state index in [1.165, 1.54) is 24.1 Å². The van der Waals surface area contributed by atoms with E-state index in [0.717, 1.165) is 50.1 Å². The van der Waals surface area contributed by atoms with E-state index >= 15 is 0 Å². The lowest BCUT2D eigenvalue weighted by Crippen LogP contribution is -2.33. The van der Waals surface area contributed by atoms with Crippen LogP contribution < -0.4 is 9.47 Å². The molecule has 1 aromatic rings. The molecular formula is C22H31NO3. The summed E-state index contributed by atoms with van der Waals surface area (Å²) < 4.78 is 12.2. The number of hydrogen-bond donors (Lipinski definition) is 1. The normalized spacial score (nSPS) is 28.8. The molecular weight excluding hydrogens is 326 g/mol. The zero-order valence-electron chi connectivity index (χ0n) is 16.0. The molecule has 0 spiro atoms. The Kier molecular flexibility index (Phi) is 4.87. The number of nitrogens with zero attached hydrogens (tertiary/aromatic N) is 1. The lowest BCUT2D eigenvalue weighted by atomic mass is 9.70. The molecule has 4 nitrogen and oxygen atoms in total. The molecule has 0 aromatic heterocycles. The summed E-state index contributed by atoms with van der Waals surface area (Å²) in [5.41, 5.74) is 2.58. The molecule has 0 amide bonds. The first kappa shape index (κ1) is 17.7. The van der Waals surface area contributed by atoms with Gasteiger partial charge in [0, 0.05) is 24.7 Å². The summed E-state index contributed by atoms with van der Waals surface area (Å²) in [5.74, 6) is 1.75. The number of hydrogen-bond acceptors (Lipinski definition) is 4. The third-order valence-corrected chi connectivity index (χ3v) is 6.38. The Balaban J connectivity index is 1.70. The van der Waals surface area contributed by atoms with Crippen molar-refractivity contribution in [2.24, 2.45) is 0 Å². The maximum absolute atomic E-state index is 10.1. The molecule has 4 heteroatoms. The number of likely N-dealkylation sites (tertiary alicyclic amines) is 1. The third kappa shape index (κ3) is 3.09. The van der Waals surface area contributed by atoms with Gasteiger partial charge < -0.3 is 19.5 Å². The van der Waals surface area contributed by atoms with Crippen LogP contribution in [0.4, 0.5) is 0 Å². The zero-order valence-corrected chi connectivity index (χ0v) is 16.0. The number of ether oxygens (including phenoxy) is 2. The summed E-state index contributed by atoms with van der Waals surface area (Å²) in [6.07, 6.45) is 9.75. The first-order valence-corrected chi connectivity index (χ1v) is 10.2. The van der Waals surface area contributed by atoms with Gasteiger partial charge in [0.25, 0.3) is 0 Å². The predicted octanol–water partition coefficient (Wildman–Crippen LogP) is 4.02. The number of aliphatic hydroxyl groups is 1. The number of allylic oxidation sites excluding steroid dienone is 1. The van der Waals surface area contributed by atoms with Gasteiger partial charge in [0.1, 0.15) is 0 Å². The molecule has 142 valence electrons. The van der Waals surface area contributed by atoms with E-state index in [-0.39, 0.29) is 11.5 Å². The minimum atomic E-state index is -0.324. The van der Waals surface area contributed by atoms with Crippen molar-refractivity contribution in [3.05, 3.63) is 35.5 Å². The Labute approximate surface area is 156 Å². The van der Waals surface area contributed by atoms with Crippen molar-refractivity contribution in [2.45, 2.75) is 69.5 Å². The molecule has 1 N–H and O–H groups in total. The van der Waals surface area contributed by atoms with E-state index in [1.807, 2.05) is 6.92 Å². The fourth-order valence-corrected chi connectivity index (χ4v) is 4.97. The zero-order chi connectivity index (χ0) is 18.1. The van der Waals surface area contributed by atoms with Gasteiger partial charge in [0.05, 0.1) is 18.8 Å². The molecule has 2 atom stereocenters. The van der Waals surface area contributed by atoms with E-state index in [1.54, 1.807) is 0 Å². The first-order chi connectivity index (χ1) is 12.6. The number of likely N-dealkylation sites (N-methyl/N-ethyl adjacent to an activating group) is 1. The fraction of sp³-hybridized carbons (Fsp3) is 0.636. The summed E-state index contributed by atoms with van der Waals surface area (Å²) in [4.78, 5) is 2.30. The Morgan fingerprint density at radius 1 is 1.15 bits per heavy atom. The minimum Gasteiger partial charge on any atom is -0.490 e. The lowest BCUT2D eigenvalue weighted by Gasteiger charge is -2.37. The Morgan fingerprint density at radius 2 is 1.96 bits per heavy atom. The Hall–Kier alpha value is -1.68. The largest absolute Gasteiger partial charge is 0.490 e. The van der Waals surface area contributed by atoms with Crippen LogP contribution in [0.5, 0.6) is 11.5 Å². The van der Waals surface area contributed by atoms with Crippen LogP contribution in [0.25, 0.3) is 0 Å².